The highest BCUT2D eigenvalue weighted by Gasteiger charge is 2.21. The molecule has 2 aromatic heterocycles. The lowest BCUT2D eigenvalue weighted by Gasteiger charge is -2.16. The summed E-state index contributed by atoms with van der Waals surface area (Å²) in [5.74, 6) is 1.06. The standard InChI is InChI=1S/C22H17ClN2O3S/c1-27-18-11-10-17(23)21-20(18)24-22(29-21)25(14-16-8-5-13-28-16)19(26)12-9-15-6-3-2-4-7-15/h2-13H,14H2,1H3/b12-9+. The topological polar surface area (TPSA) is 55.6 Å². The molecule has 2 aromatic carbocycles. The van der Waals surface area contributed by atoms with Crippen LogP contribution in [0.2, 0.25) is 5.02 Å². The first-order valence-corrected chi connectivity index (χ1v) is 10.0. The molecule has 4 aromatic rings. The van der Waals surface area contributed by atoms with Gasteiger partial charge in [0.25, 0.3) is 5.91 Å². The number of fused-ring (bicyclic) bond motifs is 1. The molecule has 29 heavy (non-hydrogen) atoms. The Balaban J connectivity index is 1.72. The molecule has 5 nitrogen and oxygen atoms in total. The van der Waals surface area contributed by atoms with Crippen molar-refractivity contribution in [2.24, 2.45) is 0 Å². The minimum Gasteiger partial charge on any atom is -0.494 e. The molecule has 0 aliphatic rings. The van der Waals surface area contributed by atoms with Crippen LogP contribution in [0.1, 0.15) is 11.3 Å². The number of aromatic nitrogens is 1. The number of rotatable bonds is 6. The number of furan rings is 1. The summed E-state index contributed by atoms with van der Waals surface area (Å²) in [6, 6.07) is 16.8. The number of hydrogen-bond donors (Lipinski definition) is 0. The number of anilines is 1. The van der Waals surface area contributed by atoms with Gasteiger partial charge in [-0.2, -0.15) is 0 Å². The van der Waals surface area contributed by atoms with Gasteiger partial charge in [0.1, 0.15) is 17.0 Å². The first kappa shape index (κ1) is 19.2. The van der Waals surface area contributed by atoms with E-state index in [-0.39, 0.29) is 12.5 Å². The van der Waals surface area contributed by atoms with E-state index in [0.717, 1.165) is 10.3 Å². The number of hydrogen-bond acceptors (Lipinski definition) is 5. The number of carbonyl (C=O) groups is 1. The molecule has 0 bridgehead atoms. The van der Waals surface area contributed by atoms with Crippen LogP contribution in [0.3, 0.4) is 0 Å². The number of benzene rings is 2. The fourth-order valence-electron chi connectivity index (χ4n) is 2.84. The van der Waals surface area contributed by atoms with Gasteiger partial charge in [-0.25, -0.2) is 4.98 Å². The lowest BCUT2D eigenvalue weighted by atomic mass is 10.2. The van der Waals surface area contributed by atoms with Gasteiger partial charge in [-0.15, -0.1) is 0 Å². The molecule has 0 saturated carbocycles. The van der Waals surface area contributed by atoms with Crippen LogP contribution in [0.25, 0.3) is 16.3 Å². The zero-order chi connectivity index (χ0) is 20.2. The zero-order valence-electron chi connectivity index (χ0n) is 15.5. The minimum absolute atomic E-state index is 0.209. The molecule has 0 fully saturated rings. The lowest BCUT2D eigenvalue weighted by Crippen LogP contribution is -2.28. The van der Waals surface area contributed by atoms with Crippen LogP contribution in [-0.2, 0) is 11.3 Å². The molecule has 0 atom stereocenters. The number of amides is 1. The van der Waals surface area contributed by atoms with Gasteiger partial charge in [0.2, 0.25) is 0 Å². The summed E-state index contributed by atoms with van der Waals surface area (Å²) in [5.41, 5.74) is 1.57. The van der Waals surface area contributed by atoms with Crippen LogP contribution in [-0.4, -0.2) is 18.0 Å². The first-order chi connectivity index (χ1) is 14.2. The van der Waals surface area contributed by atoms with Crippen molar-refractivity contribution in [3.8, 4) is 5.75 Å². The van der Waals surface area contributed by atoms with Gasteiger partial charge in [0.15, 0.2) is 5.13 Å². The van der Waals surface area contributed by atoms with Crippen molar-refractivity contribution < 1.29 is 13.9 Å². The fraction of sp³-hybridized carbons (Fsp3) is 0.0909. The van der Waals surface area contributed by atoms with Gasteiger partial charge in [-0.3, -0.25) is 9.69 Å². The molecule has 4 rings (SSSR count). The van der Waals surface area contributed by atoms with E-state index in [4.69, 9.17) is 20.8 Å². The summed E-state index contributed by atoms with van der Waals surface area (Å²) >= 11 is 7.69. The van der Waals surface area contributed by atoms with Crippen molar-refractivity contribution >= 4 is 50.3 Å². The van der Waals surface area contributed by atoms with Gasteiger partial charge in [-0.05, 0) is 35.9 Å². The maximum Gasteiger partial charge on any atom is 0.253 e. The molecule has 0 saturated heterocycles. The summed E-state index contributed by atoms with van der Waals surface area (Å²) in [5, 5.41) is 1.08. The number of ether oxygens (including phenoxy) is 1. The molecule has 0 N–H and O–H groups in total. The fourth-order valence-corrected chi connectivity index (χ4v) is 4.10. The van der Waals surface area contributed by atoms with Crippen LogP contribution in [0.5, 0.6) is 5.75 Å². The SMILES string of the molecule is COc1ccc(Cl)c2sc(N(Cc3ccco3)C(=O)/C=C/c3ccccc3)nc12. The normalized spacial score (nSPS) is 11.2. The maximum atomic E-state index is 13.1. The van der Waals surface area contributed by atoms with E-state index in [0.29, 0.717) is 27.2 Å². The average molecular weight is 425 g/mol. The van der Waals surface area contributed by atoms with Crippen LogP contribution in [0.15, 0.2) is 71.4 Å². The summed E-state index contributed by atoms with van der Waals surface area (Å²) < 4.78 is 11.6. The van der Waals surface area contributed by atoms with Crippen LogP contribution in [0.4, 0.5) is 5.13 Å². The van der Waals surface area contributed by atoms with Crippen LogP contribution >= 0.6 is 22.9 Å². The smallest absolute Gasteiger partial charge is 0.253 e. The second kappa shape index (κ2) is 8.51. The molecule has 0 radical (unpaired) electrons. The van der Waals surface area contributed by atoms with Crippen molar-refractivity contribution in [2.75, 3.05) is 12.0 Å². The second-order valence-corrected chi connectivity index (χ2v) is 7.56. The van der Waals surface area contributed by atoms with Crippen molar-refractivity contribution in [3.63, 3.8) is 0 Å². The number of halogens is 1. The Morgan fingerprint density at radius 2 is 2.03 bits per heavy atom. The molecule has 7 heteroatoms. The molecule has 2 heterocycles. The van der Waals surface area contributed by atoms with Gasteiger partial charge in [0, 0.05) is 6.08 Å². The zero-order valence-corrected chi connectivity index (χ0v) is 17.1. The van der Waals surface area contributed by atoms with E-state index in [1.165, 1.54) is 17.4 Å². The van der Waals surface area contributed by atoms with Gasteiger partial charge >= 0.3 is 0 Å². The third-order valence-corrected chi connectivity index (χ3v) is 5.81. The summed E-state index contributed by atoms with van der Waals surface area (Å²) in [6.07, 6.45) is 4.89. The number of methoxy groups -OCH3 is 1. The summed E-state index contributed by atoms with van der Waals surface area (Å²) in [4.78, 5) is 19.3. The Kier molecular flexibility index (Phi) is 5.64. The van der Waals surface area contributed by atoms with Crippen LogP contribution in [0, 0.1) is 0 Å². The highest BCUT2D eigenvalue weighted by Crippen LogP contribution is 2.39. The minimum atomic E-state index is -0.209. The van der Waals surface area contributed by atoms with Crippen molar-refractivity contribution in [2.45, 2.75) is 6.54 Å². The lowest BCUT2D eigenvalue weighted by molar-refractivity contribution is -0.114. The molecule has 0 aliphatic heterocycles. The van der Waals surface area contributed by atoms with E-state index < -0.39 is 0 Å². The summed E-state index contributed by atoms with van der Waals surface area (Å²) in [7, 11) is 1.58. The molecule has 146 valence electrons. The quantitative estimate of drug-likeness (QED) is 0.367. The van der Waals surface area contributed by atoms with Gasteiger partial charge in [0.05, 0.1) is 29.6 Å². The second-order valence-electron chi connectivity index (χ2n) is 6.17. The van der Waals surface area contributed by atoms with E-state index in [2.05, 4.69) is 4.98 Å². The highest BCUT2D eigenvalue weighted by atomic mass is 35.5. The van der Waals surface area contributed by atoms with E-state index in [9.17, 15) is 4.79 Å². The number of nitrogens with zero attached hydrogens (tertiary/aromatic N) is 2. The predicted molar refractivity (Wildman–Crippen MR) is 117 cm³/mol. The molecule has 0 aliphatic carbocycles. The Morgan fingerprint density at radius 1 is 1.21 bits per heavy atom. The van der Waals surface area contributed by atoms with Gasteiger partial charge < -0.3 is 9.15 Å². The molecule has 1 amide bonds. The third-order valence-electron chi connectivity index (χ3n) is 4.28. The van der Waals surface area contributed by atoms with Gasteiger partial charge in [-0.1, -0.05) is 53.3 Å². The van der Waals surface area contributed by atoms with Crippen LogP contribution < -0.4 is 9.64 Å². The molecule has 0 unspecified atom stereocenters. The first-order valence-electron chi connectivity index (χ1n) is 8.86. The van der Waals surface area contributed by atoms with E-state index in [1.54, 1.807) is 42.5 Å². The predicted octanol–water partition coefficient (Wildman–Crippen LogP) is 5.80. The highest BCUT2D eigenvalue weighted by molar-refractivity contribution is 7.23. The van der Waals surface area contributed by atoms with E-state index in [1.807, 2.05) is 36.4 Å². The Hall–Kier alpha value is -3.09. The molecular formula is C22H17ClN2O3S. The molecule has 0 spiro atoms. The maximum absolute atomic E-state index is 13.1. The average Bonchev–Trinajstić information content (AvgIpc) is 3.42. The number of carbonyl (C=O) groups excluding carboxylic acids is 1. The van der Waals surface area contributed by atoms with Crippen molar-refractivity contribution in [1.29, 1.82) is 0 Å². The number of thiazole rings is 1. The van der Waals surface area contributed by atoms with E-state index >= 15 is 0 Å². The Morgan fingerprint density at radius 3 is 2.76 bits per heavy atom. The summed E-state index contributed by atoms with van der Waals surface area (Å²) in [6.45, 7) is 0.255. The largest absolute Gasteiger partial charge is 0.494 e. The Labute approximate surface area is 176 Å². The monoisotopic (exact) mass is 424 g/mol. The Bertz CT molecular complexity index is 1150. The third kappa shape index (κ3) is 4.18. The van der Waals surface area contributed by atoms with Crippen molar-refractivity contribution in [1.82, 2.24) is 4.98 Å². The molecular weight excluding hydrogens is 408 g/mol. The van der Waals surface area contributed by atoms with Crippen molar-refractivity contribution in [3.05, 3.63) is 83.3 Å².